The summed E-state index contributed by atoms with van der Waals surface area (Å²) >= 11 is 3.60. The molecule has 0 saturated carbocycles. The van der Waals surface area contributed by atoms with E-state index in [0.717, 1.165) is 11.2 Å². The molecule has 0 radical (unpaired) electrons. The lowest BCUT2D eigenvalue weighted by Gasteiger charge is -2.29. The Morgan fingerprint density at radius 1 is 1.24 bits per heavy atom. The van der Waals surface area contributed by atoms with E-state index in [1.165, 1.54) is 0 Å². The lowest BCUT2D eigenvalue weighted by atomic mass is 9.85. The molecular formula is C27H34BrN7O3. The van der Waals surface area contributed by atoms with Crippen LogP contribution in [0.5, 0.6) is 0 Å². The lowest BCUT2D eigenvalue weighted by Crippen LogP contribution is -2.43. The van der Waals surface area contributed by atoms with Gasteiger partial charge in [-0.25, -0.2) is 9.98 Å². The smallest absolute Gasteiger partial charge is 0.311 e. The Morgan fingerprint density at radius 2 is 2.00 bits per heavy atom. The number of halogens is 1. The largest absolute Gasteiger partial charge is 0.465 e. The van der Waals surface area contributed by atoms with Crippen LogP contribution in [0.15, 0.2) is 46.5 Å². The number of aromatic nitrogens is 4. The number of rotatable bonds is 8. The molecule has 3 heterocycles. The summed E-state index contributed by atoms with van der Waals surface area (Å²) in [5.41, 5.74) is 2.46. The molecule has 1 aromatic carbocycles. The highest BCUT2D eigenvalue weighted by Crippen LogP contribution is 2.32. The Kier molecular flexibility index (Phi) is 8.44. The molecule has 38 heavy (non-hydrogen) atoms. The Labute approximate surface area is 231 Å². The highest BCUT2D eigenvalue weighted by atomic mass is 79.9. The van der Waals surface area contributed by atoms with Crippen molar-refractivity contribution in [3.05, 3.63) is 47.2 Å². The molecule has 11 heteroatoms. The SMILES string of the molecule is CC[C@H](C(=O)N1CCN/C1=N/c1ccc2nccnc2c1Br)[C@H](COC(=O)C(C)(C)C)Cc1cncn1C. The minimum atomic E-state index is -0.626. The van der Waals surface area contributed by atoms with Gasteiger partial charge < -0.3 is 14.6 Å². The summed E-state index contributed by atoms with van der Waals surface area (Å²) < 4.78 is 8.37. The zero-order valence-electron chi connectivity index (χ0n) is 22.4. The average Bonchev–Trinajstić information content (AvgIpc) is 3.52. The third kappa shape index (κ3) is 6.03. The maximum Gasteiger partial charge on any atom is 0.311 e. The maximum atomic E-state index is 14.0. The molecule has 0 bridgehead atoms. The molecule has 0 spiro atoms. The highest BCUT2D eigenvalue weighted by molar-refractivity contribution is 9.10. The minimum absolute atomic E-state index is 0.0491. The van der Waals surface area contributed by atoms with Crippen molar-refractivity contribution >= 4 is 50.5 Å². The molecule has 2 atom stereocenters. The van der Waals surface area contributed by atoms with Crippen LogP contribution in [0.25, 0.3) is 11.0 Å². The molecule has 1 aliphatic rings. The number of hydrogen-bond donors (Lipinski definition) is 1. The molecule has 10 nitrogen and oxygen atoms in total. The lowest BCUT2D eigenvalue weighted by molar-refractivity contribution is -0.156. The maximum absolute atomic E-state index is 14.0. The molecule has 4 rings (SSSR count). The third-order valence-electron chi connectivity index (χ3n) is 6.68. The molecular weight excluding hydrogens is 550 g/mol. The van der Waals surface area contributed by atoms with Crippen molar-refractivity contribution < 1.29 is 14.3 Å². The van der Waals surface area contributed by atoms with Crippen molar-refractivity contribution in [3.63, 3.8) is 0 Å². The fourth-order valence-corrected chi connectivity index (χ4v) is 4.99. The Hall–Kier alpha value is -3.34. The monoisotopic (exact) mass is 583 g/mol. The number of fused-ring (bicyclic) bond motifs is 1. The van der Waals surface area contributed by atoms with Gasteiger partial charge in [0.2, 0.25) is 11.9 Å². The molecule has 1 amide bonds. The second-order valence-electron chi connectivity index (χ2n) is 10.5. The predicted octanol–water partition coefficient (Wildman–Crippen LogP) is 4.02. The van der Waals surface area contributed by atoms with Gasteiger partial charge in [0.05, 0.1) is 34.0 Å². The Balaban J connectivity index is 1.61. The molecule has 3 aromatic rings. The third-order valence-corrected chi connectivity index (χ3v) is 7.46. The summed E-state index contributed by atoms with van der Waals surface area (Å²) in [4.78, 5) is 46.0. The first kappa shape index (κ1) is 27.7. The van der Waals surface area contributed by atoms with Gasteiger partial charge in [-0.3, -0.25) is 24.5 Å². The number of imidazole rings is 1. The Morgan fingerprint density at radius 3 is 2.68 bits per heavy atom. The first-order valence-electron chi connectivity index (χ1n) is 12.8. The minimum Gasteiger partial charge on any atom is -0.465 e. The summed E-state index contributed by atoms with van der Waals surface area (Å²) in [5.74, 6) is -0.452. The summed E-state index contributed by atoms with van der Waals surface area (Å²) in [6.45, 7) is 8.70. The number of carbonyl (C=O) groups is 2. The molecule has 0 unspecified atom stereocenters. The molecule has 202 valence electrons. The van der Waals surface area contributed by atoms with E-state index < -0.39 is 5.41 Å². The number of aryl methyl sites for hydroxylation is 1. The number of carbonyl (C=O) groups excluding carboxylic acids is 2. The summed E-state index contributed by atoms with van der Waals surface area (Å²) in [6, 6.07) is 3.71. The quantitative estimate of drug-likeness (QED) is 0.398. The predicted molar refractivity (Wildman–Crippen MR) is 149 cm³/mol. The number of benzene rings is 1. The standard InChI is InChI=1S/C27H34BrN7O3/c1-6-19(17(13-18-14-29-16-34(18)5)15-38-25(37)27(2,3)4)24(36)35-12-11-32-26(35)33-20-7-8-21-23(22(20)28)31-10-9-30-21/h7-10,14,16-17,19H,6,11-13,15H2,1-5H3,(H,32,33)/t17-,19-/m0/s1. The fourth-order valence-electron chi connectivity index (χ4n) is 4.46. The topological polar surface area (TPSA) is 115 Å². The van der Waals surface area contributed by atoms with Crippen molar-refractivity contribution in [2.24, 2.45) is 29.3 Å². The van der Waals surface area contributed by atoms with Crippen molar-refractivity contribution in [2.75, 3.05) is 19.7 Å². The fraction of sp³-hybridized carbons (Fsp3) is 0.481. The first-order chi connectivity index (χ1) is 18.1. The number of aliphatic imine (C=N–C) groups is 1. The van der Waals surface area contributed by atoms with Crippen LogP contribution in [0.2, 0.25) is 0 Å². The molecule has 2 aromatic heterocycles. The van der Waals surface area contributed by atoms with E-state index in [1.807, 2.05) is 51.4 Å². The zero-order chi connectivity index (χ0) is 27.4. The van der Waals surface area contributed by atoms with Gasteiger partial charge in [-0.15, -0.1) is 0 Å². The van der Waals surface area contributed by atoms with E-state index in [4.69, 9.17) is 9.73 Å². The molecule has 1 aliphatic heterocycles. The van der Waals surface area contributed by atoms with E-state index in [9.17, 15) is 9.59 Å². The van der Waals surface area contributed by atoms with Crippen LogP contribution in [-0.2, 0) is 27.8 Å². The number of amides is 1. The van der Waals surface area contributed by atoms with Crippen molar-refractivity contribution in [3.8, 4) is 0 Å². The molecule has 1 N–H and O–H groups in total. The van der Waals surface area contributed by atoms with E-state index in [0.29, 0.717) is 47.6 Å². The van der Waals surface area contributed by atoms with E-state index >= 15 is 0 Å². The van der Waals surface area contributed by atoms with Crippen LogP contribution in [0.1, 0.15) is 39.8 Å². The first-order valence-corrected chi connectivity index (χ1v) is 13.5. The van der Waals surface area contributed by atoms with E-state index in [2.05, 4.69) is 36.2 Å². The van der Waals surface area contributed by atoms with Crippen LogP contribution in [-0.4, -0.2) is 62.0 Å². The van der Waals surface area contributed by atoms with Gasteiger partial charge in [0.15, 0.2) is 0 Å². The van der Waals surface area contributed by atoms with Gasteiger partial charge in [-0.05, 0) is 61.7 Å². The number of guanidine groups is 1. The zero-order valence-corrected chi connectivity index (χ0v) is 24.0. The number of nitrogens with one attached hydrogen (secondary N) is 1. The molecule has 0 aliphatic carbocycles. The van der Waals surface area contributed by atoms with Crippen molar-refractivity contribution in [2.45, 2.75) is 40.5 Å². The number of esters is 1. The van der Waals surface area contributed by atoms with Gasteiger partial charge in [-0.2, -0.15) is 0 Å². The Bertz CT molecular complexity index is 1350. The molecule has 1 saturated heterocycles. The van der Waals surface area contributed by atoms with Gasteiger partial charge in [0, 0.05) is 56.3 Å². The number of hydrogen-bond acceptors (Lipinski definition) is 7. The van der Waals surface area contributed by atoms with Crippen LogP contribution in [0.3, 0.4) is 0 Å². The molecule has 1 fully saturated rings. The van der Waals surface area contributed by atoms with Crippen molar-refractivity contribution in [1.29, 1.82) is 0 Å². The summed E-state index contributed by atoms with van der Waals surface area (Å²) in [5, 5.41) is 3.25. The highest BCUT2D eigenvalue weighted by Gasteiger charge is 2.36. The van der Waals surface area contributed by atoms with Crippen molar-refractivity contribution in [1.82, 2.24) is 29.7 Å². The normalized spacial score (nSPS) is 16.5. The number of nitrogens with zero attached hydrogens (tertiary/aromatic N) is 6. The van der Waals surface area contributed by atoms with Crippen LogP contribution in [0.4, 0.5) is 5.69 Å². The second-order valence-corrected chi connectivity index (χ2v) is 11.3. The second kappa shape index (κ2) is 11.6. The van der Waals surface area contributed by atoms with Gasteiger partial charge in [-0.1, -0.05) is 6.92 Å². The van der Waals surface area contributed by atoms with Crippen LogP contribution >= 0.6 is 15.9 Å². The average molecular weight is 585 g/mol. The van der Waals surface area contributed by atoms with Gasteiger partial charge in [0.25, 0.3) is 0 Å². The van der Waals surface area contributed by atoms with E-state index in [1.54, 1.807) is 29.8 Å². The summed E-state index contributed by atoms with van der Waals surface area (Å²) in [6.07, 6.45) is 7.95. The van der Waals surface area contributed by atoms with E-state index in [-0.39, 0.29) is 30.3 Å². The summed E-state index contributed by atoms with van der Waals surface area (Å²) in [7, 11) is 1.92. The van der Waals surface area contributed by atoms with Gasteiger partial charge in [0.1, 0.15) is 5.52 Å². The van der Waals surface area contributed by atoms with Gasteiger partial charge >= 0.3 is 5.97 Å². The number of ether oxygens (including phenoxy) is 1. The van der Waals surface area contributed by atoms with Crippen LogP contribution in [0, 0.1) is 17.3 Å². The van der Waals surface area contributed by atoms with Crippen LogP contribution < -0.4 is 5.32 Å².